The van der Waals surface area contributed by atoms with Gasteiger partial charge in [-0.15, -0.1) is 11.3 Å². The van der Waals surface area contributed by atoms with Crippen molar-refractivity contribution >= 4 is 33.2 Å². The summed E-state index contributed by atoms with van der Waals surface area (Å²) >= 11 is 1.59. The van der Waals surface area contributed by atoms with Crippen molar-refractivity contribution in [2.75, 3.05) is 31.6 Å². The van der Waals surface area contributed by atoms with E-state index in [9.17, 15) is 0 Å². The molecule has 29 heavy (non-hydrogen) atoms. The number of ether oxygens (including phenoxy) is 1. The monoisotopic (exact) mass is 406 g/mol. The molecule has 0 atom stereocenters. The molecule has 0 radical (unpaired) electrons. The average molecular weight is 407 g/mol. The fraction of sp³-hybridized carbons (Fsp3) is 0.286. The zero-order valence-electron chi connectivity index (χ0n) is 16.2. The lowest BCUT2D eigenvalue weighted by Crippen LogP contribution is -2.35. The van der Waals surface area contributed by atoms with Crippen LogP contribution < -0.4 is 5.32 Å². The number of hydrogen-bond donors (Lipinski definition) is 2. The predicted octanol–water partition coefficient (Wildman–Crippen LogP) is 3.97. The number of aryl methyl sites for hydroxylation is 1. The van der Waals surface area contributed by atoms with Crippen LogP contribution in [0.2, 0.25) is 0 Å². The van der Waals surface area contributed by atoms with Gasteiger partial charge in [0.25, 0.3) is 0 Å². The molecule has 8 heteroatoms. The molecule has 1 aliphatic rings. The van der Waals surface area contributed by atoms with Gasteiger partial charge in [-0.3, -0.25) is 9.88 Å². The van der Waals surface area contributed by atoms with Crippen molar-refractivity contribution in [2.24, 2.45) is 0 Å². The van der Waals surface area contributed by atoms with Crippen molar-refractivity contribution in [3.8, 4) is 11.3 Å². The van der Waals surface area contributed by atoms with Crippen LogP contribution in [0.3, 0.4) is 0 Å². The van der Waals surface area contributed by atoms with Gasteiger partial charge in [0.05, 0.1) is 36.5 Å². The number of aromatic amines is 1. The Bertz CT molecular complexity index is 1120. The standard InChI is InChI=1S/C21H22N6OS/c1-14-9-17-18(24-20(23-17)12-27-5-7-28-8-6-27)10-16(14)25-21-26-19(13-29-21)15-3-2-4-22-11-15/h2-4,9-11,13H,5-8,12H2,1H3,(H,23,24)(H,25,26). The lowest BCUT2D eigenvalue weighted by atomic mass is 10.2. The Labute approximate surface area is 172 Å². The number of aromatic nitrogens is 4. The van der Waals surface area contributed by atoms with E-state index in [1.165, 1.54) is 0 Å². The average Bonchev–Trinajstić information content (AvgIpc) is 3.36. The normalized spacial score (nSPS) is 15.1. The topological polar surface area (TPSA) is 79.0 Å². The summed E-state index contributed by atoms with van der Waals surface area (Å²) < 4.78 is 5.43. The SMILES string of the molecule is Cc1cc2nc(CN3CCOCC3)[nH]c2cc1Nc1nc(-c2cccnc2)cs1. The third-order valence-electron chi connectivity index (χ3n) is 5.06. The summed E-state index contributed by atoms with van der Waals surface area (Å²) in [5, 5.41) is 6.36. The van der Waals surface area contributed by atoms with Gasteiger partial charge in [0.1, 0.15) is 5.82 Å². The molecule has 1 fully saturated rings. The number of imidazole rings is 1. The molecule has 5 rings (SSSR count). The first-order valence-corrected chi connectivity index (χ1v) is 10.5. The maximum Gasteiger partial charge on any atom is 0.187 e. The number of rotatable bonds is 5. The molecule has 3 aromatic heterocycles. The third-order valence-corrected chi connectivity index (χ3v) is 5.81. The molecule has 0 aliphatic carbocycles. The second-order valence-electron chi connectivity index (χ2n) is 7.16. The first-order valence-electron chi connectivity index (χ1n) is 9.67. The fourth-order valence-electron chi connectivity index (χ4n) is 3.49. The maximum absolute atomic E-state index is 5.43. The number of morpholine rings is 1. The van der Waals surface area contributed by atoms with E-state index in [-0.39, 0.29) is 0 Å². The second-order valence-corrected chi connectivity index (χ2v) is 8.02. The highest BCUT2D eigenvalue weighted by molar-refractivity contribution is 7.14. The van der Waals surface area contributed by atoms with Crippen LogP contribution in [-0.4, -0.2) is 51.1 Å². The van der Waals surface area contributed by atoms with E-state index in [4.69, 9.17) is 14.7 Å². The number of fused-ring (bicyclic) bond motifs is 1. The van der Waals surface area contributed by atoms with Crippen LogP contribution in [-0.2, 0) is 11.3 Å². The Morgan fingerprint density at radius 2 is 2.14 bits per heavy atom. The van der Waals surface area contributed by atoms with Gasteiger partial charge in [-0.05, 0) is 36.8 Å². The minimum atomic E-state index is 0.794. The van der Waals surface area contributed by atoms with Crippen molar-refractivity contribution in [3.05, 3.63) is 53.4 Å². The number of hydrogen-bond acceptors (Lipinski definition) is 7. The van der Waals surface area contributed by atoms with Gasteiger partial charge >= 0.3 is 0 Å². The van der Waals surface area contributed by atoms with E-state index in [0.717, 1.165) is 77.3 Å². The van der Waals surface area contributed by atoms with E-state index >= 15 is 0 Å². The molecule has 7 nitrogen and oxygen atoms in total. The number of nitrogens with zero attached hydrogens (tertiary/aromatic N) is 4. The summed E-state index contributed by atoms with van der Waals surface area (Å²) in [6.07, 6.45) is 3.60. The highest BCUT2D eigenvalue weighted by Crippen LogP contribution is 2.30. The highest BCUT2D eigenvalue weighted by atomic mass is 32.1. The summed E-state index contributed by atoms with van der Waals surface area (Å²) in [6, 6.07) is 8.18. The van der Waals surface area contributed by atoms with Crippen molar-refractivity contribution in [1.82, 2.24) is 24.8 Å². The molecular formula is C21H22N6OS. The summed E-state index contributed by atoms with van der Waals surface area (Å²) in [5.41, 5.74) is 6.15. The van der Waals surface area contributed by atoms with Crippen molar-refractivity contribution in [2.45, 2.75) is 13.5 Å². The smallest absolute Gasteiger partial charge is 0.187 e. The Hall–Kier alpha value is -2.81. The number of benzene rings is 1. The number of H-pyrrole nitrogens is 1. The molecule has 0 unspecified atom stereocenters. The predicted molar refractivity (Wildman–Crippen MR) is 116 cm³/mol. The van der Waals surface area contributed by atoms with Gasteiger partial charge in [0.2, 0.25) is 0 Å². The van der Waals surface area contributed by atoms with Crippen molar-refractivity contribution < 1.29 is 4.74 Å². The quantitative estimate of drug-likeness (QED) is 0.522. The molecule has 1 aliphatic heterocycles. The fourth-order valence-corrected chi connectivity index (χ4v) is 4.22. The van der Waals surface area contributed by atoms with Gasteiger partial charge in [-0.25, -0.2) is 9.97 Å². The molecule has 0 saturated carbocycles. The third kappa shape index (κ3) is 4.00. The molecule has 4 aromatic rings. The zero-order chi connectivity index (χ0) is 19.6. The first-order chi connectivity index (χ1) is 14.2. The number of thiazole rings is 1. The van der Waals surface area contributed by atoms with Crippen LogP contribution in [0.25, 0.3) is 22.3 Å². The Balaban J connectivity index is 1.36. The minimum Gasteiger partial charge on any atom is -0.379 e. The van der Waals surface area contributed by atoms with Gasteiger partial charge in [0, 0.05) is 42.1 Å². The maximum atomic E-state index is 5.43. The second kappa shape index (κ2) is 7.90. The molecule has 1 aromatic carbocycles. The van der Waals surface area contributed by atoms with E-state index in [0.29, 0.717) is 0 Å². The van der Waals surface area contributed by atoms with E-state index in [2.05, 4.69) is 39.2 Å². The van der Waals surface area contributed by atoms with E-state index < -0.39 is 0 Å². The van der Waals surface area contributed by atoms with Crippen molar-refractivity contribution in [1.29, 1.82) is 0 Å². The molecule has 0 spiro atoms. The number of pyridine rings is 1. The summed E-state index contributed by atoms with van der Waals surface area (Å²) in [7, 11) is 0. The van der Waals surface area contributed by atoms with Crippen LogP contribution in [0.1, 0.15) is 11.4 Å². The lowest BCUT2D eigenvalue weighted by Gasteiger charge is -2.25. The molecule has 0 bridgehead atoms. The largest absolute Gasteiger partial charge is 0.379 e. The van der Waals surface area contributed by atoms with Crippen LogP contribution in [0, 0.1) is 6.92 Å². The highest BCUT2D eigenvalue weighted by Gasteiger charge is 2.14. The van der Waals surface area contributed by atoms with Crippen LogP contribution in [0.5, 0.6) is 0 Å². The summed E-state index contributed by atoms with van der Waals surface area (Å²) in [4.78, 5) is 19.5. The first kappa shape index (κ1) is 18.2. The number of nitrogens with one attached hydrogen (secondary N) is 2. The molecule has 4 heterocycles. The van der Waals surface area contributed by atoms with Crippen LogP contribution in [0.4, 0.5) is 10.8 Å². The van der Waals surface area contributed by atoms with E-state index in [1.54, 1.807) is 17.5 Å². The molecule has 2 N–H and O–H groups in total. The Kier molecular flexibility index (Phi) is 4.97. The van der Waals surface area contributed by atoms with Gasteiger partial charge in [-0.2, -0.15) is 0 Å². The minimum absolute atomic E-state index is 0.794. The molecule has 0 amide bonds. The van der Waals surface area contributed by atoms with Gasteiger partial charge in [-0.1, -0.05) is 0 Å². The summed E-state index contributed by atoms with van der Waals surface area (Å²) in [5.74, 6) is 0.992. The van der Waals surface area contributed by atoms with Crippen LogP contribution in [0.15, 0.2) is 42.0 Å². The van der Waals surface area contributed by atoms with Gasteiger partial charge < -0.3 is 15.0 Å². The molecule has 148 valence electrons. The number of anilines is 2. The molecular weight excluding hydrogens is 384 g/mol. The van der Waals surface area contributed by atoms with Crippen LogP contribution >= 0.6 is 11.3 Å². The molecule has 1 saturated heterocycles. The zero-order valence-corrected chi connectivity index (χ0v) is 17.0. The van der Waals surface area contributed by atoms with Gasteiger partial charge in [0.15, 0.2) is 5.13 Å². The Morgan fingerprint density at radius 3 is 2.97 bits per heavy atom. The van der Waals surface area contributed by atoms with Crippen molar-refractivity contribution in [3.63, 3.8) is 0 Å². The van der Waals surface area contributed by atoms with E-state index in [1.807, 2.05) is 23.7 Å². The lowest BCUT2D eigenvalue weighted by molar-refractivity contribution is 0.0332. The summed E-state index contributed by atoms with van der Waals surface area (Å²) in [6.45, 7) is 6.40. The Morgan fingerprint density at radius 1 is 1.24 bits per heavy atom.